The van der Waals surface area contributed by atoms with Crippen molar-refractivity contribution in [2.24, 2.45) is 17.8 Å². The van der Waals surface area contributed by atoms with Gasteiger partial charge in [0, 0.05) is 61.2 Å². The van der Waals surface area contributed by atoms with Gasteiger partial charge < -0.3 is 20.3 Å². The highest BCUT2D eigenvalue weighted by Crippen LogP contribution is 2.35. The molecule has 12 heteroatoms. The molecule has 5 rings (SSSR count). The molecule has 246 valence electrons. The minimum absolute atomic E-state index is 0.0389. The summed E-state index contributed by atoms with van der Waals surface area (Å²) in [5, 5.41) is 32.7. The van der Waals surface area contributed by atoms with Gasteiger partial charge in [0.25, 0.3) is 6.09 Å². The van der Waals surface area contributed by atoms with Crippen LogP contribution in [0.2, 0.25) is 5.02 Å². The highest BCUT2D eigenvalue weighted by molar-refractivity contribution is 7.88. The van der Waals surface area contributed by atoms with E-state index in [9.17, 15) is 23.4 Å². The van der Waals surface area contributed by atoms with Gasteiger partial charge in [-0.1, -0.05) is 43.4 Å². The van der Waals surface area contributed by atoms with Gasteiger partial charge in [0.1, 0.15) is 12.6 Å². The Morgan fingerprint density at radius 1 is 1.20 bits per heavy atom. The second-order valence-electron chi connectivity index (χ2n) is 13.5. The van der Waals surface area contributed by atoms with Crippen LogP contribution in [0.15, 0.2) is 18.2 Å². The van der Waals surface area contributed by atoms with Crippen LogP contribution in [0.3, 0.4) is 0 Å². The zero-order valence-corrected chi connectivity index (χ0v) is 28.2. The number of benzene rings is 1. The number of rotatable bonds is 8. The van der Waals surface area contributed by atoms with Crippen molar-refractivity contribution in [2.75, 3.05) is 45.5 Å². The van der Waals surface area contributed by atoms with Gasteiger partial charge in [-0.2, -0.15) is 9.40 Å². The second-order valence-corrected chi connectivity index (χ2v) is 15.9. The molecule has 1 aromatic heterocycles. The number of nitrogens with zero attached hydrogens (tertiary/aromatic N) is 4. The number of likely N-dealkylation sites (tertiary alicyclic amines) is 1. The van der Waals surface area contributed by atoms with Gasteiger partial charge in [0.05, 0.1) is 36.6 Å². The maximum atomic E-state index is 12.5. The SMILES string of the molecule is CC(C)CC#Cc1cc(-c2nn(C[C@@H](O)C[N+]3(C(=O)[O-])CCC(C4CCNCC4)CC3)c3c2CN(S(C)(=O)=O)CC3)ccc1Cl. The van der Waals surface area contributed by atoms with E-state index in [2.05, 4.69) is 31.0 Å². The van der Waals surface area contributed by atoms with Crippen molar-refractivity contribution in [3.63, 3.8) is 0 Å². The highest BCUT2D eigenvalue weighted by Gasteiger charge is 2.40. The predicted molar refractivity (Wildman–Crippen MR) is 173 cm³/mol. The molecule has 10 nitrogen and oxygen atoms in total. The number of hydrogen-bond acceptors (Lipinski definition) is 7. The van der Waals surface area contributed by atoms with E-state index in [1.165, 1.54) is 10.6 Å². The first kappa shape index (κ1) is 33.9. The van der Waals surface area contributed by atoms with E-state index in [1.54, 1.807) is 10.7 Å². The highest BCUT2D eigenvalue weighted by atomic mass is 35.5. The number of sulfonamides is 1. The Morgan fingerprint density at radius 2 is 1.89 bits per heavy atom. The number of carboxylic acid groups (broad SMARTS) is 1. The van der Waals surface area contributed by atoms with Crippen molar-refractivity contribution in [1.82, 2.24) is 19.4 Å². The molecule has 0 saturated carbocycles. The van der Waals surface area contributed by atoms with Crippen molar-refractivity contribution in [3.8, 4) is 23.1 Å². The van der Waals surface area contributed by atoms with Gasteiger partial charge in [-0.25, -0.2) is 8.42 Å². The molecule has 2 fully saturated rings. The molecule has 0 radical (unpaired) electrons. The lowest BCUT2D eigenvalue weighted by Crippen LogP contribution is -2.65. The fourth-order valence-electron chi connectivity index (χ4n) is 7.22. The molecular weight excluding hydrogens is 614 g/mol. The summed E-state index contributed by atoms with van der Waals surface area (Å²) in [6.07, 6.45) is 4.12. The molecule has 2 aromatic rings. The molecular formula is C33H46ClN5O5S. The minimum atomic E-state index is -3.44. The van der Waals surface area contributed by atoms with Crippen LogP contribution < -0.4 is 10.4 Å². The number of carbonyl (C=O) groups excluding carboxylic acids is 1. The molecule has 1 aromatic carbocycles. The van der Waals surface area contributed by atoms with Gasteiger partial charge in [-0.05, 0) is 55.8 Å². The molecule has 4 heterocycles. The third-order valence-electron chi connectivity index (χ3n) is 9.78. The fourth-order valence-corrected chi connectivity index (χ4v) is 8.17. The number of aliphatic hydroxyl groups is 1. The maximum Gasteiger partial charge on any atom is 0.257 e. The van der Waals surface area contributed by atoms with Crippen LogP contribution in [0.5, 0.6) is 0 Å². The lowest BCUT2D eigenvalue weighted by atomic mass is 9.78. The molecule has 3 aliphatic rings. The van der Waals surface area contributed by atoms with Crippen LogP contribution in [-0.4, -0.2) is 89.8 Å². The molecule has 0 aliphatic carbocycles. The van der Waals surface area contributed by atoms with E-state index in [0.717, 1.165) is 62.0 Å². The monoisotopic (exact) mass is 659 g/mol. The van der Waals surface area contributed by atoms with Gasteiger partial charge in [0.2, 0.25) is 10.0 Å². The lowest BCUT2D eigenvalue weighted by molar-refractivity contribution is -0.885. The van der Waals surface area contributed by atoms with E-state index in [-0.39, 0.29) is 24.1 Å². The summed E-state index contributed by atoms with van der Waals surface area (Å²) in [5.41, 5.74) is 3.65. The predicted octanol–water partition coefficient (Wildman–Crippen LogP) is 2.85. The van der Waals surface area contributed by atoms with Crippen molar-refractivity contribution in [3.05, 3.63) is 40.0 Å². The summed E-state index contributed by atoms with van der Waals surface area (Å²) < 4.78 is 27.9. The van der Waals surface area contributed by atoms with Crippen LogP contribution in [0.4, 0.5) is 4.79 Å². The number of quaternary nitrogens is 1. The van der Waals surface area contributed by atoms with Gasteiger partial charge >= 0.3 is 0 Å². The molecule has 2 saturated heterocycles. The molecule has 1 amide bonds. The van der Waals surface area contributed by atoms with Gasteiger partial charge in [0.15, 0.2) is 0 Å². The maximum absolute atomic E-state index is 12.5. The summed E-state index contributed by atoms with van der Waals surface area (Å²) in [5.74, 6) is 7.89. The van der Waals surface area contributed by atoms with E-state index in [0.29, 0.717) is 60.1 Å². The minimum Gasteiger partial charge on any atom is -0.498 e. The Bertz CT molecular complexity index is 1550. The quantitative estimate of drug-likeness (QED) is 0.330. The number of carbonyl (C=O) groups is 1. The number of amides is 1. The fraction of sp³-hybridized carbons (Fsp3) is 0.636. The molecule has 0 unspecified atom stereocenters. The average Bonchev–Trinajstić information content (AvgIpc) is 3.35. The Hall–Kier alpha value is -2.46. The zero-order chi connectivity index (χ0) is 32.4. The lowest BCUT2D eigenvalue weighted by Gasteiger charge is -2.45. The Balaban J connectivity index is 1.39. The van der Waals surface area contributed by atoms with E-state index < -0.39 is 22.2 Å². The molecule has 3 aliphatic heterocycles. The Labute approximate surface area is 272 Å². The number of fused-ring (bicyclic) bond motifs is 1. The van der Waals surface area contributed by atoms with Crippen LogP contribution in [0, 0.1) is 29.6 Å². The summed E-state index contributed by atoms with van der Waals surface area (Å²) >= 11 is 6.48. The topological polar surface area (TPSA) is 128 Å². The van der Waals surface area contributed by atoms with E-state index in [4.69, 9.17) is 16.7 Å². The van der Waals surface area contributed by atoms with Crippen LogP contribution in [-0.2, 0) is 29.5 Å². The zero-order valence-electron chi connectivity index (χ0n) is 26.6. The first-order valence-electron chi connectivity index (χ1n) is 16.1. The largest absolute Gasteiger partial charge is 0.498 e. The molecule has 0 spiro atoms. The third-order valence-corrected chi connectivity index (χ3v) is 11.4. The number of nitrogens with one attached hydrogen (secondary N) is 1. The van der Waals surface area contributed by atoms with Crippen molar-refractivity contribution < 1.29 is 27.9 Å². The molecule has 45 heavy (non-hydrogen) atoms. The Morgan fingerprint density at radius 3 is 2.53 bits per heavy atom. The van der Waals surface area contributed by atoms with Crippen LogP contribution in [0.25, 0.3) is 11.3 Å². The number of piperidine rings is 2. The smallest absolute Gasteiger partial charge is 0.257 e. The number of halogens is 1. The summed E-state index contributed by atoms with van der Waals surface area (Å²) in [7, 11) is -3.44. The van der Waals surface area contributed by atoms with E-state index in [1.807, 2.05) is 12.1 Å². The van der Waals surface area contributed by atoms with Crippen LogP contribution in [0.1, 0.15) is 62.8 Å². The molecule has 2 N–H and O–H groups in total. The first-order valence-corrected chi connectivity index (χ1v) is 18.4. The third kappa shape index (κ3) is 7.92. The van der Waals surface area contributed by atoms with E-state index >= 15 is 0 Å². The van der Waals surface area contributed by atoms with Gasteiger partial charge in [-0.15, -0.1) is 0 Å². The second kappa shape index (κ2) is 14.1. The molecule has 0 bridgehead atoms. The normalized spacial score (nSPS) is 23.7. The average molecular weight is 660 g/mol. The molecule has 1 atom stereocenters. The van der Waals surface area contributed by atoms with Crippen molar-refractivity contribution in [2.45, 2.75) is 71.6 Å². The van der Waals surface area contributed by atoms with Gasteiger partial charge in [-0.3, -0.25) is 9.16 Å². The first-order chi connectivity index (χ1) is 21.4. The number of aromatic nitrogens is 2. The number of hydrogen-bond donors (Lipinski definition) is 2. The van der Waals surface area contributed by atoms with Crippen molar-refractivity contribution >= 4 is 27.7 Å². The summed E-state index contributed by atoms with van der Waals surface area (Å²) in [6.45, 7) is 7.73. The summed E-state index contributed by atoms with van der Waals surface area (Å²) in [4.78, 5) is 12.5. The standard InChI is InChI=1S/C33H46ClN5O5S/c1-23(2)5-4-6-26-19-27(7-8-30(26)34)32-29-21-37(45(3,43)44)16-11-31(29)38(36-32)20-28(40)22-39(33(41)42)17-12-25(13-18-39)24-9-14-35-15-10-24/h7-8,19,23-25,28,35,40H,5,9-18,20-22H2,1-3H3/t25?,28-,39?/m1/s1. The van der Waals surface area contributed by atoms with Crippen LogP contribution >= 0.6 is 11.6 Å². The Kier molecular flexibility index (Phi) is 10.6. The van der Waals surface area contributed by atoms with Crippen molar-refractivity contribution in [1.29, 1.82) is 0 Å². The summed E-state index contributed by atoms with van der Waals surface area (Å²) in [6, 6.07) is 5.50. The number of aliphatic hydroxyl groups excluding tert-OH is 1.